The molecule has 0 aliphatic carbocycles. The van der Waals surface area contributed by atoms with Gasteiger partial charge in [0.05, 0.1) is 24.6 Å². The van der Waals surface area contributed by atoms with Gasteiger partial charge in [-0.1, -0.05) is 30.3 Å². The van der Waals surface area contributed by atoms with Crippen LogP contribution in [0.3, 0.4) is 0 Å². The average Bonchev–Trinajstić information content (AvgIpc) is 3.08. The number of aromatic nitrogens is 2. The van der Waals surface area contributed by atoms with Crippen molar-refractivity contribution < 1.29 is 14.3 Å². The molecule has 0 aliphatic heterocycles. The van der Waals surface area contributed by atoms with Gasteiger partial charge >= 0.3 is 5.97 Å². The number of nitrogens with one attached hydrogen (secondary N) is 2. The summed E-state index contributed by atoms with van der Waals surface area (Å²) < 4.78 is 10.7. The van der Waals surface area contributed by atoms with Gasteiger partial charge in [-0.25, -0.2) is 4.79 Å². The molecule has 27 heavy (non-hydrogen) atoms. The lowest BCUT2D eigenvalue weighted by molar-refractivity contribution is 0.0521. The van der Waals surface area contributed by atoms with E-state index in [9.17, 15) is 9.59 Å². The molecule has 6 heteroatoms. The van der Waals surface area contributed by atoms with Gasteiger partial charge in [-0.15, -0.1) is 0 Å². The van der Waals surface area contributed by atoms with Gasteiger partial charge in [0.2, 0.25) is 0 Å². The predicted octanol–water partition coefficient (Wildman–Crippen LogP) is 3.86. The number of pyridine rings is 1. The number of carbonyl (C=O) groups is 1. The van der Waals surface area contributed by atoms with Crippen LogP contribution in [0.5, 0.6) is 5.75 Å². The van der Waals surface area contributed by atoms with Crippen molar-refractivity contribution in [2.75, 3.05) is 13.7 Å². The molecule has 4 rings (SSSR count). The van der Waals surface area contributed by atoms with E-state index in [0.717, 1.165) is 0 Å². The first kappa shape index (κ1) is 16.9. The van der Waals surface area contributed by atoms with Gasteiger partial charge in [0.1, 0.15) is 17.1 Å². The van der Waals surface area contributed by atoms with Crippen LogP contribution in [0, 0.1) is 0 Å². The highest BCUT2D eigenvalue weighted by atomic mass is 16.5. The number of esters is 1. The highest BCUT2D eigenvalue weighted by Crippen LogP contribution is 2.37. The largest absolute Gasteiger partial charge is 0.496 e. The molecular formula is C21H18N2O4. The number of carbonyl (C=O) groups excluding carboxylic acids is 1. The zero-order valence-corrected chi connectivity index (χ0v) is 15.0. The first-order valence-electron chi connectivity index (χ1n) is 8.63. The summed E-state index contributed by atoms with van der Waals surface area (Å²) in [6.45, 7) is 1.97. The second-order valence-corrected chi connectivity index (χ2v) is 6.05. The van der Waals surface area contributed by atoms with Gasteiger partial charge in [-0.3, -0.25) is 4.79 Å². The highest BCUT2D eigenvalue weighted by molar-refractivity contribution is 6.10. The monoisotopic (exact) mass is 362 g/mol. The first-order valence-corrected chi connectivity index (χ1v) is 8.63. The molecule has 0 aliphatic rings. The van der Waals surface area contributed by atoms with Crippen molar-refractivity contribution >= 4 is 27.9 Å². The average molecular weight is 362 g/mol. The standard InChI is InChI=1S/C21H18N2O4/c1-3-27-21(25)18-16(13-9-5-7-11-15(13)26-2)17-19(24)12-8-4-6-10-14(12)22-20(17)23-18/h4-11H,3H2,1-2H3,(H2,22,23,24). The number of H-pyrrole nitrogens is 2. The molecule has 0 bridgehead atoms. The molecule has 136 valence electrons. The van der Waals surface area contributed by atoms with Gasteiger partial charge in [0, 0.05) is 16.5 Å². The first-order chi connectivity index (χ1) is 13.2. The minimum atomic E-state index is -0.522. The van der Waals surface area contributed by atoms with Crippen LogP contribution in [-0.4, -0.2) is 29.7 Å². The van der Waals surface area contributed by atoms with Crippen molar-refractivity contribution in [1.29, 1.82) is 0 Å². The Morgan fingerprint density at radius 2 is 1.78 bits per heavy atom. The van der Waals surface area contributed by atoms with Crippen molar-refractivity contribution in [3.8, 4) is 16.9 Å². The summed E-state index contributed by atoms with van der Waals surface area (Å²) >= 11 is 0. The Morgan fingerprint density at radius 3 is 2.56 bits per heavy atom. The van der Waals surface area contributed by atoms with Gasteiger partial charge in [-0.2, -0.15) is 0 Å². The molecule has 6 nitrogen and oxygen atoms in total. The Morgan fingerprint density at radius 1 is 1.04 bits per heavy atom. The van der Waals surface area contributed by atoms with Crippen molar-refractivity contribution in [2.45, 2.75) is 6.92 Å². The maximum Gasteiger partial charge on any atom is 0.355 e. The lowest BCUT2D eigenvalue weighted by atomic mass is 10.00. The van der Waals surface area contributed by atoms with Crippen LogP contribution in [-0.2, 0) is 4.74 Å². The molecule has 2 aromatic carbocycles. The molecule has 0 unspecified atom stereocenters. The lowest BCUT2D eigenvalue weighted by Gasteiger charge is -2.09. The van der Waals surface area contributed by atoms with E-state index in [1.807, 2.05) is 36.4 Å². The SMILES string of the molecule is CCOC(=O)c1[nH]c2[nH]c3ccccc3c(=O)c2c1-c1ccccc1OC. The third-order valence-corrected chi connectivity index (χ3v) is 4.51. The summed E-state index contributed by atoms with van der Waals surface area (Å²) in [5.41, 5.74) is 2.36. The Bertz CT molecular complexity index is 1220. The second kappa shape index (κ2) is 6.64. The quantitative estimate of drug-likeness (QED) is 0.540. The molecule has 0 spiro atoms. The summed E-state index contributed by atoms with van der Waals surface area (Å²) in [7, 11) is 1.55. The predicted molar refractivity (Wildman–Crippen MR) is 104 cm³/mol. The van der Waals surface area contributed by atoms with Crippen LogP contribution in [0.25, 0.3) is 33.1 Å². The van der Waals surface area contributed by atoms with Crippen molar-refractivity contribution in [3.05, 3.63) is 64.4 Å². The molecule has 0 atom stereocenters. The minimum absolute atomic E-state index is 0.160. The van der Waals surface area contributed by atoms with Crippen molar-refractivity contribution in [3.63, 3.8) is 0 Å². The number of rotatable bonds is 4. The number of hydrogen-bond donors (Lipinski definition) is 2. The molecule has 0 amide bonds. The van der Waals surface area contributed by atoms with Crippen LogP contribution < -0.4 is 10.2 Å². The van der Waals surface area contributed by atoms with Gasteiger partial charge in [0.15, 0.2) is 5.43 Å². The van der Waals surface area contributed by atoms with E-state index < -0.39 is 5.97 Å². The summed E-state index contributed by atoms with van der Waals surface area (Å²) in [5.74, 6) is 0.0444. The second-order valence-electron chi connectivity index (χ2n) is 6.05. The van der Waals surface area contributed by atoms with Crippen LogP contribution in [0.4, 0.5) is 0 Å². The van der Waals surface area contributed by atoms with Gasteiger partial charge < -0.3 is 19.4 Å². The number of fused-ring (bicyclic) bond motifs is 2. The molecule has 4 aromatic rings. The molecule has 0 saturated carbocycles. The minimum Gasteiger partial charge on any atom is -0.496 e. The van der Waals surface area contributed by atoms with E-state index in [4.69, 9.17) is 9.47 Å². The van der Waals surface area contributed by atoms with Crippen molar-refractivity contribution in [2.24, 2.45) is 0 Å². The molecule has 2 N–H and O–H groups in total. The Hall–Kier alpha value is -3.54. The summed E-state index contributed by atoms with van der Waals surface area (Å²) in [5, 5.41) is 0.955. The van der Waals surface area contributed by atoms with E-state index in [1.54, 1.807) is 26.2 Å². The highest BCUT2D eigenvalue weighted by Gasteiger charge is 2.25. The van der Waals surface area contributed by atoms with Crippen LogP contribution in [0.2, 0.25) is 0 Å². The fraction of sp³-hybridized carbons (Fsp3) is 0.143. The number of benzene rings is 2. The van der Waals surface area contributed by atoms with E-state index in [1.165, 1.54) is 0 Å². The number of para-hydroxylation sites is 2. The zero-order chi connectivity index (χ0) is 19.0. The molecular weight excluding hydrogens is 344 g/mol. The van der Waals surface area contributed by atoms with Crippen LogP contribution in [0.1, 0.15) is 17.4 Å². The fourth-order valence-corrected chi connectivity index (χ4v) is 3.36. The maximum absolute atomic E-state index is 13.2. The van der Waals surface area contributed by atoms with Gasteiger partial charge in [0.25, 0.3) is 0 Å². The van der Waals surface area contributed by atoms with Crippen molar-refractivity contribution in [1.82, 2.24) is 9.97 Å². The van der Waals surface area contributed by atoms with E-state index in [0.29, 0.717) is 38.8 Å². The van der Waals surface area contributed by atoms with Crippen LogP contribution in [0.15, 0.2) is 53.3 Å². The number of aromatic amines is 2. The lowest BCUT2D eigenvalue weighted by Crippen LogP contribution is -2.07. The molecule has 0 fully saturated rings. The van der Waals surface area contributed by atoms with E-state index >= 15 is 0 Å². The molecule has 0 saturated heterocycles. The summed E-state index contributed by atoms with van der Waals surface area (Å²) in [6.07, 6.45) is 0. The Labute approximate surface area is 154 Å². The summed E-state index contributed by atoms with van der Waals surface area (Å²) in [6, 6.07) is 14.5. The smallest absolute Gasteiger partial charge is 0.355 e. The number of methoxy groups -OCH3 is 1. The maximum atomic E-state index is 13.2. The topological polar surface area (TPSA) is 84.2 Å². The Balaban J connectivity index is 2.16. The number of hydrogen-bond acceptors (Lipinski definition) is 4. The number of ether oxygens (including phenoxy) is 2. The third kappa shape index (κ3) is 2.66. The molecule has 2 aromatic heterocycles. The van der Waals surface area contributed by atoms with E-state index in [-0.39, 0.29) is 17.7 Å². The van der Waals surface area contributed by atoms with Gasteiger partial charge in [-0.05, 0) is 25.1 Å². The normalized spacial score (nSPS) is 11.0. The molecule has 0 radical (unpaired) electrons. The van der Waals surface area contributed by atoms with Crippen LogP contribution >= 0.6 is 0 Å². The summed E-state index contributed by atoms with van der Waals surface area (Å²) in [4.78, 5) is 32.1. The molecule has 2 heterocycles. The van der Waals surface area contributed by atoms with E-state index in [2.05, 4.69) is 9.97 Å². The zero-order valence-electron chi connectivity index (χ0n) is 15.0. The Kier molecular flexibility index (Phi) is 4.16. The fourth-order valence-electron chi connectivity index (χ4n) is 3.36. The third-order valence-electron chi connectivity index (χ3n) is 4.51.